The lowest BCUT2D eigenvalue weighted by Crippen LogP contribution is -2.46. The maximum absolute atomic E-state index is 12.8. The molecule has 2 heterocycles. The van der Waals surface area contributed by atoms with Gasteiger partial charge in [0, 0.05) is 19.3 Å². The summed E-state index contributed by atoms with van der Waals surface area (Å²) in [6.07, 6.45) is 1.14. The minimum absolute atomic E-state index is 0.105. The highest BCUT2D eigenvalue weighted by molar-refractivity contribution is 5.95. The highest BCUT2D eigenvalue weighted by Gasteiger charge is 2.28. The minimum Gasteiger partial charge on any atom is -0.481 e. The van der Waals surface area contributed by atoms with Crippen LogP contribution >= 0.6 is 0 Å². The number of amides is 1. The van der Waals surface area contributed by atoms with Crippen molar-refractivity contribution >= 4 is 11.9 Å². The summed E-state index contributed by atoms with van der Waals surface area (Å²) in [6, 6.07) is 9.57. The predicted octanol–water partition coefficient (Wildman–Crippen LogP) is 1.50. The Morgan fingerprint density at radius 3 is 2.79 bits per heavy atom. The molecule has 0 bridgehead atoms. The van der Waals surface area contributed by atoms with E-state index in [2.05, 4.69) is 5.10 Å². The standard InChI is InChI=1S/C17H19N3O4/c1-12-15(11-20(18-12)13-5-3-2-4-6-13)17(23)19-7-8-24-14(10-19)9-16(21)22/h2-6,11,14H,7-10H2,1H3,(H,21,22)/t14-/m1/s1. The number of ether oxygens (including phenoxy) is 1. The number of morpholine rings is 1. The Morgan fingerprint density at radius 2 is 2.08 bits per heavy atom. The van der Waals surface area contributed by atoms with Crippen molar-refractivity contribution in [1.82, 2.24) is 14.7 Å². The molecule has 1 aromatic carbocycles. The van der Waals surface area contributed by atoms with Gasteiger partial charge in [-0.25, -0.2) is 4.68 Å². The van der Waals surface area contributed by atoms with Crippen molar-refractivity contribution < 1.29 is 19.4 Å². The first-order valence-corrected chi connectivity index (χ1v) is 7.79. The number of aliphatic carboxylic acids is 1. The Hall–Kier alpha value is -2.67. The molecule has 2 aromatic rings. The van der Waals surface area contributed by atoms with Gasteiger partial charge in [0.05, 0.1) is 36.1 Å². The fraction of sp³-hybridized carbons (Fsp3) is 0.353. The molecule has 1 amide bonds. The molecule has 0 spiro atoms. The van der Waals surface area contributed by atoms with Gasteiger partial charge in [-0.1, -0.05) is 18.2 Å². The largest absolute Gasteiger partial charge is 0.481 e. The Labute approximate surface area is 139 Å². The van der Waals surface area contributed by atoms with Gasteiger partial charge in [0.15, 0.2) is 0 Å². The third kappa shape index (κ3) is 3.46. The Balaban J connectivity index is 1.77. The van der Waals surface area contributed by atoms with Crippen molar-refractivity contribution in [3.8, 4) is 5.69 Å². The SMILES string of the molecule is Cc1nn(-c2ccccc2)cc1C(=O)N1CCO[C@H](CC(=O)O)C1. The number of nitrogens with zero attached hydrogens (tertiary/aromatic N) is 3. The highest BCUT2D eigenvalue weighted by Crippen LogP contribution is 2.17. The number of hydrogen-bond acceptors (Lipinski definition) is 4. The number of para-hydroxylation sites is 1. The van der Waals surface area contributed by atoms with Crippen LogP contribution < -0.4 is 0 Å². The summed E-state index contributed by atoms with van der Waals surface area (Å²) in [5, 5.41) is 13.3. The van der Waals surface area contributed by atoms with Crippen LogP contribution in [0.4, 0.5) is 0 Å². The molecule has 3 rings (SSSR count). The van der Waals surface area contributed by atoms with Crippen molar-refractivity contribution in [2.45, 2.75) is 19.4 Å². The number of carbonyl (C=O) groups excluding carboxylic acids is 1. The van der Waals surface area contributed by atoms with Gasteiger partial charge in [0.1, 0.15) is 0 Å². The van der Waals surface area contributed by atoms with Crippen LogP contribution in [0.2, 0.25) is 0 Å². The topological polar surface area (TPSA) is 84.7 Å². The molecule has 1 saturated heterocycles. The van der Waals surface area contributed by atoms with Gasteiger partial charge < -0.3 is 14.7 Å². The van der Waals surface area contributed by atoms with Crippen LogP contribution in [0.15, 0.2) is 36.5 Å². The Kier molecular flexibility index (Phi) is 4.61. The average molecular weight is 329 g/mol. The van der Waals surface area contributed by atoms with Crippen LogP contribution in [0.25, 0.3) is 5.69 Å². The van der Waals surface area contributed by atoms with Crippen molar-refractivity contribution in [2.24, 2.45) is 0 Å². The van der Waals surface area contributed by atoms with Crippen molar-refractivity contribution in [3.63, 3.8) is 0 Å². The van der Waals surface area contributed by atoms with Crippen LogP contribution in [-0.4, -0.2) is 57.5 Å². The molecule has 1 aromatic heterocycles. The van der Waals surface area contributed by atoms with E-state index in [4.69, 9.17) is 9.84 Å². The summed E-state index contributed by atoms with van der Waals surface area (Å²) in [5.41, 5.74) is 2.05. The average Bonchev–Trinajstić information content (AvgIpc) is 2.96. The molecule has 24 heavy (non-hydrogen) atoms. The summed E-state index contributed by atoms with van der Waals surface area (Å²) in [7, 11) is 0. The van der Waals surface area contributed by atoms with E-state index in [0.717, 1.165) is 5.69 Å². The molecular formula is C17H19N3O4. The molecule has 0 unspecified atom stereocenters. The fourth-order valence-electron chi connectivity index (χ4n) is 2.78. The molecule has 1 aliphatic rings. The lowest BCUT2D eigenvalue weighted by Gasteiger charge is -2.32. The van der Waals surface area contributed by atoms with Gasteiger partial charge in [-0.3, -0.25) is 9.59 Å². The van der Waals surface area contributed by atoms with Gasteiger partial charge in [0.25, 0.3) is 5.91 Å². The number of benzene rings is 1. The third-order valence-corrected chi connectivity index (χ3v) is 3.98. The van der Waals surface area contributed by atoms with E-state index in [1.165, 1.54) is 0 Å². The predicted molar refractivity (Wildman–Crippen MR) is 86.2 cm³/mol. The summed E-state index contributed by atoms with van der Waals surface area (Å²) < 4.78 is 7.09. The Bertz CT molecular complexity index is 742. The zero-order valence-corrected chi connectivity index (χ0v) is 13.4. The van der Waals surface area contributed by atoms with Crippen molar-refractivity contribution in [2.75, 3.05) is 19.7 Å². The molecule has 1 N–H and O–H groups in total. The fourth-order valence-corrected chi connectivity index (χ4v) is 2.78. The molecule has 126 valence electrons. The van der Waals surface area contributed by atoms with E-state index in [-0.39, 0.29) is 18.9 Å². The first-order valence-electron chi connectivity index (χ1n) is 7.79. The normalized spacial score (nSPS) is 17.7. The first-order chi connectivity index (χ1) is 11.5. The second-order valence-corrected chi connectivity index (χ2v) is 5.75. The molecule has 0 saturated carbocycles. The maximum atomic E-state index is 12.8. The van der Waals surface area contributed by atoms with Gasteiger partial charge >= 0.3 is 5.97 Å². The minimum atomic E-state index is -0.928. The van der Waals surface area contributed by atoms with Crippen LogP contribution in [-0.2, 0) is 9.53 Å². The second-order valence-electron chi connectivity index (χ2n) is 5.75. The van der Waals surface area contributed by atoms with E-state index in [1.54, 1.807) is 22.7 Å². The summed E-state index contributed by atoms with van der Waals surface area (Å²) in [6.45, 7) is 2.86. The number of aromatic nitrogens is 2. The number of carboxylic acids is 1. The summed E-state index contributed by atoms with van der Waals surface area (Å²) in [5.74, 6) is -1.07. The van der Waals surface area contributed by atoms with Crippen LogP contribution in [0.3, 0.4) is 0 Å². The van der Waals surface area contributed by atoms with Gasteiger partial charge in [-0.05, 0) is 19.1 Å². The number of aryl methyl sites for hydroxylation is 1. The van der Waals surface area contributed by atoms with E-state index in [0.29, 0.717) is 24.4 Å². The third-order valence-electron chi connectivity index (χ3n) is 3.98. The number of carboxylic acid groups (broad SMARTS) is 1. The zero-order chi connectivity index (χ0) is 17.1. The van der Waals surface area contributed by atoms with Crippen molar-refractivity contribution in [1.29, 1.82) is 0 Å². The van der Waals surface area contributed by atoms with Gasteiger partial charge in [-0.15, -0.1) is 0 Å². The van der Waals surface area contributed by atoms with E-state index < -0.39 is 12.1 Å². The van der Waals surface area contributed by atoms with E-state index >= 15 is 0 Å². The Morgan fingerprint density at radius 1 is 1.33 bits per heavy atom. The van der Waals surface area contributed by atoms with Crippen LogP contribution in [0.5, 0.6) is 0 Å². The summed E-state index contributed by atoms with van der Waals surface area (Å²) >= 11 is 0. The highest BCUT2D eigenvalue weighted by atomic mass is 16.5. The monoisotopic (exact) mass is 329 g/mol. The second kappa shape index (κ2) is 6.84. The lowest BCUT2D eigenvalue weighted by atomic mass is 10.1. The molecular weight excluding hydrogens is 310 g/mol. The molecule has 0 radical (unpaired) electrons. The smallest absolute Gasteiger partial charge is 0.306 e. The van der Waals surface area contributed by atoms with Gasteiger partial charge in [0.2, 0.25) is 0 Å². The van der Waals surface area contributed by atoms with Crippen LogP contribution in [0, 0.1) is 6.92 Å². The quantitative estimate of drug-likeness (QED) is 0.919. The van der Waals surface area contributed by atoms with Gasteiger partial charge in [-0.2, -0.15) is 5.10 Å². The molecule has 1 aliphatic heterocycles. The summed E-state index contributed by atoms with van der Waals surface area (Å²) in [4.78, 5) is 25.2. The number of hydrogen-bond donors (Lipinski definition) is 1. The maximum Gasteiger partial charge on any atom is 0.306 e. The molecule has 7 nitrogen and oxygen atoms in total. The first kappa shape index (κ1) is 16.2. The molecule has 0 aliphatic carbocycles. The number of rotatable bonds is 4. The number of carbonyl (C=O) groups is 2. The zero-order valence-electron chi connectivity index (χ0n) is 13.4. The van der Waals surface area contributed by atoms with E-state index in [1.807, 2.05) is 30.3 Å². The lowest BCUT2D eigenvalue weighted by molar-refractivity contribution is -0.141. The molecule has 1 atom stereocenters. The molecule has 7 heteroatoms. The molecule has 1 fully saturated rings. The van der Waals surface area contributed by atoms with E-state index in [9.17, 15) is 9.59 Å². The van der Waals surface area contributed by atoms with Crippen LogP contribution in [0.1, 0.15) is 22.5 Å². The van der Waals surface area contributed by atoms with Crippen molar-refractivity contribution in [3.05, 3.63) is 47.8 Å².